The molecule has 1 fully saturated rings. The second-order valence-corrected chi connectivity index (χ2v) is 6.41. The number of benzene rings is 1. The zero-order valence-corrected chi connectivity index (χ0v) is 12.9. The van der Waals surface area contributed by atoms with Crippen LogP contribution in [0, 0.1) is 5.41 Å². The zero-order valence-electron chi connectivity index (χ0n) is 11.4. The highest BCUT2D eigenvalue weighted by Gasteiger charge is 2.37. The van der Waals surface area contributed by atoms with Gasteiger partial charge in [-0.1, -0.05) is 35.7 Å². The molecule has 0 aliphatic heterocycles. The first kappa shape index (κ1) is 15.6. The van der Waals surface area contributed by atoms with Crippen molar-refractivity contribution in [1.82, 2.24) is 5.32 Å². The number of nitrogens with two attached hydrogens (primary N) is 1. The van der Waals surface area contributed by atoms with Gasteiger partial charge in [-0.15, -0.1) is 0 Å². The third kappa shape index (κ3) is 3.87. The van der Waals surface area contributed by atoms with Crippen molar-refractivity contribution >= 4 is 29.1 Å². The van der Waals surface area contributed by atoms with Gasteiger partial charge in [0.2, 0.25) is 5.91 Å². The number of carbonyl (C=O) groups excluding carboxylic acids is 1. The fourth-order valence-electron chi connectivity index (χ4n) is 2.59. The summed E-state index contributed by atoms with van der Waals surface area (Å²) in [5.41, 5.74) is 6.81. The van der Waals surface area contributed by atoms with E-state index in [9.17, 15) is 4.79 Å². The maximum absolute atomic E-state index is 11.9. The molecule has 2 rings (SSSR count). The van der Waals surface area contributed by atoms with Crippen LogP contribution in [0.2, 0.25) is 10.0 Å². The van der Waals surface area contributed by atoms with Crippen LogP contribution in [0.5, 0.6) is 0 Å². The fourth-order valence-corrected chi connectivity index (χ4v) is 3.10. The van der Waals surface area contributed by atoms with E-state index in [4.69, 9.17) is 28.9 Å². The van der Waals surface area contributed by atoms with E-state index in [1.165, 1.54) is 6.42 Å². The number of hydrogen-bond acceptors (Lipinski definition) is 2. The van der Waals surface area contributed by atoms with Gasteiger partial charge in [-0.2, -0.15) is 0 Å². The van der Waals surface area contributed by atoms with Crippen LogP contribution in [0.4, 0.5) is 0 Å². The first-order valence-electron chi connectivity index (χ1n) is 6.95. The summed E-state index contributed by atoms with van der Waals surface area (Å²) in [7, 11) is 0. The lowest BCUT2D eigenvalue weighted by Gasteiger charge is -2.40. The van der Waals surface area contributed by atoms with Crippen molar-refractivity contribution in [2.45, 2.75) is 32.1 Å². The number of rotatable bonds is 6. The van der Waals surface area contributed by atoms with Crippen molar-refractivity contribution in [2.75, 3.05) is 13.1 Å². The molecule has 0 saturated heterocycles. The quantitative estimate of drug-likeness (QED) is 0.847. The molecule has 0 radical (unpaired) electrons. The second-order valence-electron chi connectivity index (χ2n) is 5.57. The lowest BCUT2D eigenvalue weighted by Crippen LogP contribution is -2.42. The van der Waals surface area contributed by atoms with Gasteiger partial charge in [0, 0.05) is 23.0 Å². The van der Waals surface area contributed by atoms with Gasteiger partial charge >= 0.3 is 0 Å². The standard InChI is InChI=1S/C15H20Cl2N2O/c16-12-3-2-11(13(17)8-12)4-7-19-14(20)9-15(10-18)5-1-6-15/h2-3,8H,1,4-7,9-10,18H2,(H,19,20). The lowest BCUT2D eigenvalue weighted by atomic mass is 9.66. The minimum Gasteiger partial charge on any atom is -0.356 e. The largest absolute Gasteiger partial charge is 0.356 e. The molecule has 0 heterocycles. The van der Waals surface area contributed by atoms with E-state index in [2.05, 4.69) is 5.32 Å². The molecular formula is C15H20Cl2N2O. The zero-order chi connectivity index (χ0) is 14.6. The second kappa shape index (κ2) is 6.79. The molecule has 5 heteroatoms. The SMILES string of the molecule is NCC1(CC(=O)NCCc2ccc(Cl)cc2Cl)CCC1. The Bertz CT molecular complexity index is 481. The smallest absolute Gasteiger partial charge is 0.220 e. The van der Waals surface area contributed by atoms with Crippen molar-refractivity contribution in [2.24, 2.45) is 11.1 Å². The third-order valence-electron chi connectivity index (χ3n) is 4.11. The highest BCUT2D eigenvalue weighted by atomic mass is 35.5. The van der Waals surface area contributed by atoms with Crippen LogP contribution in [0.3, 0.4) is 0 Å². The number of amides is 1. The Morgan fingerprint density at radius 3 is 2.65 bits per heavy atom. The predicted molar refractivity (Wildman–Crippen MR) is 83.1 cm³/mol. The van der Waals surface area contributed by atoms with Crippen molar-refractivity contribution in [3.05, 3.63) is 33.8 Å². The molecule has 3 nitrogen and oxygen atoms in total. The topological polar surface area (TPSA) is 55.1 Å². The number of nitrogens with one attached hydrogen (secondary N) is 1. The number of hydrogen-bond donors (Lipinski definition) is 2. The summed E-state index contributed by atoms with van der Waals surface area (Å²) in [4.78, 5) is 11.9. The Labute approximate surface area is 129 Å². The van der Waals surface area contributed by atoms with Gasteiger partial charge in [-0.3, -0.25) is 4.79 Å². The van der Waals surface area contributed by atoms with Gasteiger partial charge in [0.05, 0.1) is 0 Å². The van der Waals surface area contributed by atoms with E-state index in [-0.39, 0.29) is 11.3 Å². The van der Waals surface area contributed by atoms with Crippen LogP contribution < -0.4 is 11.1 Å². The Balaban J connectivity index is 1.76. The average Bonchev–Trinajstić information content (AvgIpc) is 2.36. The molecule has 20 heavy (non-hydrogen) atoms. The van der Waals surface area contributed by atoms with Gasteiger partial charge < -0.3 is 11.1 Å². The molecule has 1 aromatic carbocycles. The maximum Gasteiger partial charge on any atom is 0.220 e. The number of carbonyl (C=O) groups is 1. The van der Waals surface area contributed by atoms with E-state index >= 15 is 0 Å². The Kier molecular flexibility index (Phi) is 5.30. The number of halogens is 2. The summed E-state index contributed by atoms with van der Waals surface area (Å²) in [5, 5.41) is 4.21. The minimum atomic E-state index is 0.0575. The summed E-state index contributed by atoms with van der Waals surface area (Å²) in [6, 6.07) is 5.42. The van der Waals surface area contributed by atoms with Crippen LogP contribution >= 0.6 is 23.2 Å². The summed E-state index contributed by atoms with van der Waals surface area (Å²) < 4.78 is 0. The first-order valence-corrected chi connectivity index (χ1v) is 7.71. The van der Waals surface area contributed by atoms with Crippen LogP contribution in [0.1, 0.15) is 31.2 Å². The molecular weight excluding hydrogens is 295 g/mol. The molecule has 0 aromatic heterocycles. The van der Waals surface area contributed by atoms with E-state index in [1.807, 2.05) is 12.1 Å². The lowest BCUT2D eigenvalue weighted by molar-refractivity contribution is -0.124. The molecule has 1 aliphatic carbocycles. The third-order valence-corrected chi connectivity index (χ3v) is 4.70. The highest BCUT2D eigenvalue weighted by molar-refractivity contribution is 6.35. The minimum absolute atomic E-state index is 0.0575. The van der Waals surface area contributed by atoms with E-state index < -0.39 is 0 Å². The molecule has 0 spiro atoms. The molecule has 0 atom stereocenters. The van der Waals surface area contributed by atoms with Crippen molar-refractivity contribution in [3.8, 4) is 0 Å². The molecule has 0 unspecified atom stereocenters. The summed E-state index contributed by atoms with van der Waals surface area (Å²) in [5.74, 6) is 0.0836. The Morgan fingerprint density at radius 1 is 1.35 bits per heavy atom. The van der Waals surface area contributed by atoms with Gasteiger partial charge in [0.15, 0.2) is 0 Å². The molecule has 1 saturated carbocycles. The summed E-state index contributed by atoms with van der Waals surface area (Å²) >= 11 is 11.9. The van der Waals surface area contributed by atoms with Gasteiger partial charge in [-0.05, 0) is 48.9 Å². The first-order chi connectivity index (χ1) is 9.54. The van der Waals surface area contributed by atoms with Gasteiger partial charge in [0.1, 0.15) is 0 Å². The molecule has 0 bridgehead atoms. The van der Waals surface area contributed by atoms with Gasteiger partial charge in [0.25, 0.3) is 0 Å². The molecule has 1 aromatic rings. The van der Waals surface area contributed by atoms with Crippen LogP contribution in [-0.2, 0) is 11.2 Å². The van der Waals surface area contributed by atoms with Gasteiger partial charge in [-0.25, -0.2) is 0 Å². The monoisotopic (exact) mass is 314 g/mol. The molecule has 3 N–H and O–H groups in total. The Hall–Kier alpha value is -0.770. The van der Waals surface area contributed by atoms with Crippen LogP contribution in [0.25, 0.3) is 0 Å². The molecule has 1 amide bonds. The van der Waals surface area contributed by atoms with E-state index in [0.717, 1.165) is 18.4 Å². The van der Waals surface area contributed by atoms with Crippen LogP contribution in [0.15, 0.2) is 18.2 Å². The van der Waals surface area contributed by atoms with Crippen molar-refractivity contribution in [1.29, 1.82) is 0 Å². The summed E-state index contributed by atoms with van der Waals surface area (Å²) in [6.45, 7) is 1.18. The van der Waals surface area contributed by atoms with E-state index in [0.29, 0.717) is 36.0 Å². The van der Waals surface area contributed by atoms with Crippen molar-refractivity contribution < 1.29 is 4.79 Å². The summed E-state index contributed by atoms with van der Waals surface area (Å²) in [6.07, 6.45) is 4.57. The molecule has 110 valence electrons. The predicted octanol–water partition coefficient (Wildman–Crippen LogP) is 3.17. The van der Waals surface area contributed by atoms with Crippen molar-refractivity contribution in [3.63, 3.8) is 0 Å². The molecule has 1 aliphatic rings. The van der Waals surface area contributed by atoms with Crippen LogP contribution in [-0.4, -0.2) is 19.0 Å². The van der Waals surface area contributed by atoms with E-state index in [1.54, 1.807) is 6.07 Å². The normalized spacial score (nSPS) is 16.6. The Morgan fingerprint density at radius 2 is 2.10 bits per heavy atom. The fraction of sp³-hybridized carbons (Fsp3) is 0.533. The maximum atomic E-state index is 11.9. The highest BCUT2D eigenvalue weighted by Crippen LogP contribution is 2.42. The average molecular weight is 315 g/mol.